The van der Waals surface area contributed by atoms with Crippen molar-refractivity contribution in [1.82, 2.24) is 15.5 Å². The van der Waals surface area contributed by atoms with Crippen LogP contribution in [0.4, 0.5) is 0 Å². The van der Waals surface area contributed by atoms with Crippen LogP contribution in [-0.4, -0.2) is 16.1 Å². The summed E-state index contributed by atoms with van der Waals surface area (Å²) in [5, 5.41) is 16.2. The lowest BCUT2D eigenvalue weighted by atomic mass is 10.3. The van der Waals surface area contributed by atoms with Gasteiger partial charge >= 0.3 is 0 Å². The Morgan fingerprint density at radius 1 is 1.91 bits per heavy atom. The van der Waals surface area contributed by atoms with Crippen LogP contribution in [0, 0.1) is 18.4 Å². The molecule has 0 unspecified atom stereocenters. The SMILES string of the molecule is Cc1cn[nH]c1C(=O)NC#N. The Labute approximate surface area is 63.0 Å². The number of hydrogen-bond donors (Lipinski definition) is 2. The van der Waals surface area contributed by atoms with E-state index in [1.54, 1.807) is 6.92 Å². The topological polar surface area (TPSA) is 81.6 Å². The highest BCUT2D eigenvalue weighted by molar-refractivity contribution is 5.94. The van der Waals surface area contributed by atoms with Crippen LogP contribution in [0.2, 0.25) is 0 Å². The van der Waals surface area contributed by atoms with E-state index in [1.807, 2.05) is 5.32 Å². The fraction of sp³-hybridized carbons (Fsp3) is 0.167. The molecule has 56 valence electrons. The average Bonchev–Trinajstić information content (AvgIpc) is 2.36. The van der Waals surface area contributed by atoms with E-state index in [2.05, 4.69) is 10.2 Å². The van der Waals surface area contributed by atoms with Gasteiger partial charge in [0.05, 0.1) is 6.20 Å². The lowest BCUT2D eigenvalue weighted by molar-refractivity contribution is 0.0967. The predicted octanol–water partition coefficient (Wildman–Crippen LogP) is -0.0710. The number of amides is 1. The molecule has 1 aromatic heterocycles. The van der Waals surface area contributed by atoms with Gasteiger partial charge in [0.1, 0.15) is 5.69 Å². The van der Waals surface area contributed by atoms with Crippen molar-refractivity contribution in [2.45, 2.75) is 6.92 Å². The van der Waals surface area contributed by atoms with Gasteiger partial charge in [-0.15, -0.1) is 0 Å². The molecule has 0 bridgehead atoms. The smallest absolute Gasteiger partial charge is 0.273 e. The number of nitrogens with zero attached hydrogens (tertiary/aromatic N) is 2. The predicted molar refractivity (Wildman–Crippen MR) is 36.4 cm³/mol. The van der Waals surface area contributed by atoms with Crippen LogP contribution in [-0.2, 0) is 0 Å². The second-order valence-electron chi connectivity index (χ2n) is 1.99. The van der Waals surface area contributed by atoms with Crippen LogP contribution in [0.1, 0.15) is 16.1 Å². The molecule has 11 heavy (non-hydrogen) atoms. The van der Waals surface area contributed by atoms with Crippen molar-refractivity contribution < 1.29 is 4.79 Å². The van der Waals surface area contributed by atoms with Crippen LogP contribution >= 0.6 is 0 Å². The quantitative estimate of drug-likeness (QED) is 0.434. The van der Waals surface area contributed by atoms with Gasteiger partial charge in [0.25, 0.3) is 5.91 Å². The Bertz CT molecular complexity index is 309. The third-order valence-corrected chi connectivity index (χ3v) is 1.23. The fourth-order valence-electron chi connectivity index (χ4n) is 0.689. The second kappa shape index (κ2) is 2.84. The summed E-state index contributed by atoms with van der Waals surface area (Å²) in [4.78, 5) is 10.9. The van der Waals surface area contributed by atoms with E-state index in [0.29, 0.717) is 5.69 Å². The third-order valence-electron chi connectivity index (χ3n) is 1.23. The molecule has 1 aromatic rings. The third kappa shape index (κ3) is 1.35. The van der Waals surface area contributed by atoms with E-state index >= 15 is 0 Å². The molecule has 5 heteroatoms. The Morgan fingerprint density at radius 3 is 3.09 bits per heavy atom. The number of hydrogen-bond acceptors (Lipinski definition) is 3. The number of rotatable bonds is 1. The van der Waals surface area contributed by atoms with Crippen LogP contribution < -0.4 is 5.32 Å². The number of H-pyrrole nitrogens is 1. The summed E-state index contributed by atoms with van der Waals surface area (Å²) in [6.45, 7) is 1.73. The largest absolute Gasteiger partial charge is 0.282 e. The van der Waals surface area contributed by atoms with Crippen molar-refractivity contribution >= 4 is 5.91 Å². The van der Waals surface area contributed by atoms with Gasteiger partial charge < -0.3 is 0 Å². The highest BCUT2D eigenvalue weighted by atomic mass is 16.1. The highest BCUT2D eigenvalue weighted by Crippen LogP contribution is 2.00. The Morgan fingerprint density at radius 2 is 2.64 bits per heavy atom. The first-order valence-corrected chi connectivity index (χ1v) is 2.95. The van der Waals surface area contributed by atoms with E-state index in [9.17, 15) is 4.79 Å². The molecule has 1 heterocycles. The van der Waals surface area contributed by atoms with Gasteiger partial charge in [-0.05, 0) is 12.5 Å². The molecule has 5 nitrogen and oxygen atoms in total. The molecule has 0 aromatic carbocycles. The second-order valence-corrected chi connectivity index (χ2v) is 1.99. The summed E-state index contributed by atoms with van der Waals surface area (Å²) in [6, 6.07) is 0. The first kappa shape index (κ1) is 7.28. The maximum absolute atomic E-state index is 10.9. The highest BCUT2D eigenvalue weighted by Gasteiger charge is 2.08. The summed E-state index contributed by atoms with van der Waals surface area (Å²) in [5.41, 5.74) is 1.05. The fourth-order valence-corrected chi connectivity index (χ4v) is 0.689. The van der Waals surface area contributed by atoms with Gasteiger partial charge in [0, 0.05) is 0 Å². The zero-order valence-corrected chi connectivity index (χ0v) is 5.88. The van der Waals surface area contributed by atoms with Gasteiger partial charge in [0.2, 0.25) is 0 Å². The Balaban J connectivity index is 2.86. The average molecular weight is 150 g/mol. The summed E-state index contributed by atoms with van der Waals surface area (Å²) in [6.07, 6.45) is 3.06. The summed E-state index contributed by atoms with van der Waals surface area (Å²) < 4.78 is 0. The summed E-state index contributed by atoms with van der Waals surface area (Å²) >= 11 is 0. The number of aromatic amines is 1. The molecule has 0 spiro atoms. The number of carbonyl (C=O) groups excluding carboxylic acids is 1. The molecule has 2 N–H and O–H groups in total. The van der Waals surface area contributed by atoms with Crippen molar-refractivity contribution in [2.75, 3.05) is 0 Å². The van der Waals surface area contributed by atoms with E-state index < -0.39 is 5.91 Å². The minimum Gasteiger partial charge on any atom is -0.273 e. The molecule has 0 radical (unpaired) electrons. The van der Waals surface area contributed by atoms with Crippen molar-refractivity contribution in [3.8, 4) is 6.19 Å². The van der Waals surface area contributed by atoms with E-state index in [1.165, 1.54) is 12.4 Å². The zero-order valence-electron chi connectivity index (χ0n) is 5.88. The number of carbonyl (C=O) groups is 1. The van der Waals surface area contributed by atoms with Gasteiger partial charge in [-0.25, -0.2) is 0 Å². The Hall–Kier alpha value is -1.83. The lowest BCUT2D eigenvalue weighted by Crippen LogP contribution is -2.18. The number of aryl methyl sites for hydroxylation is 1. The molecule has 1 amide bonds. The standard InChI is InChI=1S/C6H6N4O/c1-4-2-9-10-5(4)6(11)8-3-7/h2H,1H3,(H,8,11)(H,9,10). The molecule has 0 aliphatic carbocycles. The molecular formula is C6H6N4O. The minimum absolute atomic E-state index is 0.326. The number of aromatic nitrogens is 2. The monoisotopic (exact) mass is 150 g/mol. The van der Waals surface area contributed by atoms with Gasteiger partial charge in [0.15, 0.2) is 6.19 Å². The maximum atomic E-state index is 10.9. The normalized spacial score (nSPS) is 8.73. The number of nitriles is 1. The molecular weight excluding hydrogens is 144 g/mol. The molecule has 0 fully saturated rings. The molecule has 0 atom stereocenters. The zero-order chi connectivity index (χ0) is 8.27. The van der Waals surface area contributed by atoms with E-state index in [0.717, 1.165) is 5.56 Å². The van der Waals surface area contributed by atoms with Gasteiger partial charge in [-0.2, -0.15) is 10.4 Å². The van der Waals surface area contributed by atoms with Crippen molar-refractivity contribution in [2.24, 2.45) is 0 Å². The van der Waals surface area contributed by atoms with Crippen LogP contribution in [0.3, 0.4) is 0 Å². The van der Waals surface area contributed by atoms with Crippen LogP contribution in [0.15, 0.2) is 6.20 Å². The molecule has 1 rings (SSSR count). The van der Waals surface area contributed by atoms with E-state index in [-0.39, 0.29) is 0 Å². The minimum atomic E-state index is -0.456. The maximum Gasteiger partial charge on any atom is 0.282 e. The summed E-state index contributed by atoms with van der Waals surface area (Å²) in [7, 11) is 0. The van der Waals surface area contributed by atoms with Gasteiger partial charge in [-0.1, -0.05) is 0 Å². The molecule has 0 aliphatic rings. The Kier molecular flexibility index (Phi) is 1.88. The van der Waals surface area contributed by atoms with Crippen LogP contribution in [0.25, 0.3) is 0 Å². The van der Waals surface area contributed by atoms with Crippen molar-refractivity contribution in [3.63, 3.8) is 0 Å². The lowest BCUT2D eigenvalue weighted by Gasteiger charge is -1.92. The summed E-state index contributed by atoms with van der Waals surface area (Å²) in [5.74, 6) is -0.456. The number of nitrogens with one attached hydrogen (secondary N) is 2. The first-order chi connectivity index (χ1) is 5.25. The molecule has 0 aliphatic heterocycles. The molecule has 0 saturated carbocycles. The van der Waals surface area contributed by atoms with Crippen molar-refractivity contribution in [1.29, 1.82) is 5.26 Å². The first-order valence-electron chi connectivity index (χ1n) is 2.95. The molecule has 0 saturated heterocycles. The van der Waals surface area contributed by atoms with Gasteiger partial charge in [-0.3, -0.25) is 15.2 Å². The van der Waals surface area contributed by atoms with Crippen molar-refractivity contribution in [3.05, 3.63) is 17.5 Å². The van der Waals surface area contributed by atoms with E-state index in [4.69, 9.17) is 5.26 Å². The van der Waals surface area contributed by atoms with Crippen LogP contribution in [0.5, 0.6) is 0 Å².